The first kappa shape index (κ1) is 38.5. The molecule has 299 valence electrons. The maximum absolute atomic E-state index is 9.05. The third kappa shape index (κ3) is 8.00. The summed E-state index contributed by atoms with van der Waals surface area (Å²) < 4.78 is 30.1. The number of pyridine rings is 2. The van der Waals surface area contributed by atoms with E-state index in [9.17, 15) is 0 Å². The van der Waals surface area contributed by atoms with Crippen molar-refractivity contribution in [2.75, 3.05) is 0 Å². The van der Waals surface area contributed by atoms with Crippen molar-refractivity contribution in [2.24, 2.45) is 7.05 Å². The molecule has 5 nitrogen and oxygen atoms in total. The van der Waals surface area contributed by atoms with Gasteiger partial charge in [-0.15, -0.1) is 18.2 Å². The van der Waals surface area contributed by atoms with Gasteiger partial charge >= 0.3 is 157 Å². The molecule has 0 amide bonds. The van der Waals surface area contributed by atoms with Gasteiger partial charge in [-0.3, -0.25) is 4.57 Å². The Kier molecular flexibility index (Phi) is 11.0. The van der Waals surface area contributed by atoms with Crippen LogP contribution in [-0.2, 0) is 33.5 Å². The second-order valence-electron chi connectivity index (χ2n) is 16.2. The monoisotopic (exact) mass is 1020 g/mol. The van der Waals surface area contributed by atoms with Crippen molar-refractivity contribution < 1.29 is 31.8 Å². The number of aromatic nitrogens is 4. The summed E-state index contributed by atoms with van der Waals surface area (Å²) in [5.41, 5.74) is 10.2. The number of nitrogens with zero attached hydrogens (tertiary/aromatic N) is 4. The Hall–Kier alpha value is -5.66. The van der Waals surface area contributed by atoms with Crippen LogP contribution in [-0.4, -0.2) is 27.8 Å². The van der Waals surface area contributed by atoms with E-state index >= 15 is 0 Å². The Balaban J connectivity index is 0.000000173. The fourth-order valence-electron chi connectivity index (χ4n) is 7.98. The molecule has 0 fully saturated rings. The second-order valence-corrected chi connectivity index (χ2v) is 26.7. The fraction of sp³-hybridized carbons (Fsp3) is 0.151. The number of para-hydroxylation sites is 2. The summed E-state index contributed by atoms with van der Waals surface area (Å²) in [6, 6.07) is 58.0. The van der Waals surface area contributed by atoms with Crippen LogP contribution in [0.1, 0.15) is 32.4 Å². The van der Waals surface area contributed by atoms with Crippen molar-refractivity contribution in [3.8, 4) is 28.3 Å². The van der Waals surface area contributed by atoms with E-state index in [4.69, 9.17) is 7.16 Å². The second kappa shape index (κ2) is 17.1. The number of furan rings is 1. The van der Waals surface area contributed by atoms with E-state index in [2.05, 4.69) is 134 Å². The summed E-state index contributed by atoms with van der Waals surface area (Å²) in [6.07, 6.45) is 0.433. The zero-order valence-corrected chi connectivity index (χ0v) is 39.1. The van der Waals surface area contributed by atoms with Crippen LogP contribution in [0, 0.1) is 19.1 Å². The van der Waals surface area contributed by atoms with Gasteiger partial charge in [0.15, 0.2) is 11.0 Å². The molecule has 10 aromatic rings. The van der Waals surface area contributed by atoms with E-state index in [0.29, 0.717) is 5.71 Å². The molecule has 10 rings (SSSR count). The minimum atomic E-state index is -2.32. The fourth-order valence-corrected chi connectivity index (χ4v) is 10.9. The van der Waals surface area contributed by atoms with Gasteiger partial charge in [0.1, 0.15) is 5.69 Å². The topological polar surface area (TPSA) is 47.7 Å². The van der Waals surface area contributed by atoms with E-state index in [1.165, 1.54) is 10.8 Å². The summed E-state index contributed by atoms with van der Waals surface area (Å²) in [4.78, 5) is 9.30. The summed E-state index contributed by atoms with van der Waals surface area (Å²) in [7, 11) is 2.10. The molecule has 4 heterocycles. The Morgan fingerprint density at radius 2 is 1.53 bits per heavy atom. The SMILES string of the molecule is Cc1ccc2c(n1)oc1c(-c3n(-c4ccc5ccccc5c4)c4ccccc4[n+]3C)[c-]ccc12.[2H]C([2H])(c1cc(-c2[c-]cccc2)nc[c]1[Ge]([CH3])([CH3])[CH3])C(C)c1ccccc1.[Ir]. The quantitative estimate of drug-likeness (QED) is 0.0908. The van der Waals surface area contributed by atoms with Crippen LogP contribution in [0.15, 0.2) is 162 Å². The first-order valence-electron chi connectivity index (χ1n) is 21.1. The molecule has 0 aliphatic rings. The summed E-state index contributed by atoms with van der Waals surface area (Å²) in [5, 5.41) is 4.50. The molecule has 60 heavy (non-hydrogen) atoms. The molecule has 0 bridgehead atoms. The van der Waals surface area contributed by atoms with E-state index in [-0.39, 0.29) is 26.0 Å². The Labute approximate surface area is 371 Å². The smallest absolute Gasteiger partial charge is 0 e. The van der Waals surface area contributed by atoms with E-state index in [1.54, 1.807) is 0 Å². The van der Waals surface area contributed by atoms with E-state index in [0.717, 1.165) is 76.9 Å². The van der Waals surface area contributed by atoms with Crippen LogP contribution in [0.2, 0.25) is 17.3 Å². The number of rotatable bonds is 7. The molecule has 4 aromatic heterocycles. The third-order valence-electron chi connectivity index (χ3n) is 11.0. The zero-order chi connectivity index (χ0) is 42.5. The van der Waals surface area contributed by atoms with Gasteiger partial charge in [0.2, 0.25) is 11.5 Å². The number of aryl methyl sites for hydroxylation is 2. The molecule has 0 saturated heterocycles. The van der Waals surface area contributed by atoms with Crippen LogP contribution in [0.5, 0.6) is 0 Å². The molecule has 1 atom stereocenters. The van der Waals surface area contributed by atoms with Gasteiger partial charge in [-0.05, 0) is 59.7 Å². The standard InChI is InChI=1S/C30H21N3O.C23H26GeN.Ir/c1-19-14-17-24-23-10-7-11-25(28(23)34-29(24)31-19)30-32(2)26-12-5-6-13-27(26)33(30)22-16-15-20-8-3-4-9-21(20)18-22;1-18(19-11-7-5-8-12-19)15-21-16-23(20-13-9-6-10-14-20)25-17-22(21)24(2,3)4;/h3-10,12-18H,1-2H3;5-13,16-18H,15H2,1-4H3;/q;-1;/i;15D2;. The van der Waals surface area contributed by atoms with Gasteiger partial charge in [-0.2, -0.15) is 0 Å². The van der Waals surface area contributed by atoms with Crippen LogP contribution < -0.4 is 8.96 Å². The number of hydrogen-bond donors (Lipinski definition) is 0. The van der Waals surface area contributed by atoms with Gasteiger partial charge < -0.3 is 4.42 Å². The van der Waals surface area contributed by atoms with Gasteiger partial charge in [-0.1, -0.05) is 47.9 Å². The molecule has 0 spiro atoms. The molecular formula is C53H47GeIrN4O-. The maximum atomic E-state index is 9.05. The first-order chi connectivity index (χ1) is 29.4. The van der Waals surface area contributed by atoms with Crippen molar-refractivity contribution in [3.63, 3.8) is 0 Å². The summed E-state index contributed by atoms with van der Waals surface area (Å²) in [5.74, 6) is 7.63. The molecule has 0 N–H and O–H groups in total. The Morgan fingerprint density at radius 3 is 2.32 bits per heavy atom. The summed E-state index contributed by atoms with van der Waals surface area (Å²) in [6.45, 7) is 3.96. The van der Waals surface area contributed by atoms with Crippen molar-refractivity contribution in [1.29, 1.82) is 0 Å². The normalized spacial score (nSPS) is 12.8. The van der Waals surface area contributed by atoms with E-state index < -0.39 is 19.6 Å². The van der Waals surface area contributed by atoms with Crippen molar-refractivity contribution in [3.05, 3.63) is 187 Å². The van der Waals surface area contributed by atoms with Crippen molar-refractivity contribution in [1.82, 2.24) is 14.5 Å². The zero-order valence-electron chi connectivity index (χ0n) is 36.6. The van der Waals surface area contributed by atoms with Crippen LogP contribution >= 0.6 is 0 Å². The minimum absolute atomic E-state index is 0. The predicted octanol–water partition coefficient (Wildman–Crippen LogP) is 12.1. The number of hydrogen-bond acceptors (Lipinski definition) is 3. The molecule has 1 radical (unpaired) electrons. The van der Waals surface area contributed by atoms with Crippen molar-refractivity contribution >= 4 is 61.5 Å². The molecule has 0 saturated carbocycles. The summed E-state index contributed by atoms with van der Waals surface area (Å²) >= 11 is -2.32. The molecule has 6 aromatic carbocycles. The Bertz CT molecular complexity index is 3210. The average molecular weight is 1020 g/mol. The molecular weight excluding hydrogens is 973 g/mol. The predicted molar refractivity (Wildman–Crippen MR) is 246 cm³/mol. The van der Waals surface area contributed by atoms with Crippen LogP contribution in [0.3, 0.4) is 0 Å². The Morgan fingerprint density at radius 1 is 0.783 bits per heavy atom. The molecule has 0 aliphatic carbocycles. The molecule has 1 unspecified atom stereocenters. The number of imidazole rings is 1. The van der Waals surface area contributed by atoms with Crippen LogP contribution in [0.4, 0.5) is 0 Å². The van der Waals surface area contributed by atoms with Crippen molar-refractivity contribution in [2.45, 2.75) is 43.4 Å². The van der Waals surface area contributed by atoms with E-state index in [1.807, 2.05) is 92.8 Å². The van der Waals surface area contributed by atoms with Gasteiger partial charge in [0, 0.05) is 31.2 Å². The van der Waals surface area contributed by atoms with Gasteiger partial charge in [-0.25, -0.2) is 9.55 Å². The van der Waals surface area contributed by atoms with Gasteiger partial charge in [0.05, 0.1) is 12.6 Å². The number of fused-ring (bicyclic) bond motifs is 5. The van der Waals surface area contributed by atoms with Crippen LogP contribution in [0.25, 0.3) is 72.2 Å². The largest absolute Gasteiger partial charge is 0 e. The number of benzene rings is 6. The molecule has 0 aliphatic heterocycles. The average Bonchev–Trinajstić information content (AvgIpc) is 3.80. The first-order valence-corrected chi connectivity index (χ1v) is 27.5. The maximum Gasteiger partial charge on any atom is 0 e. The van der Waals surface area contributed by atoms with Gasteiger partial charge in [0.25, 0.3) is 0 Å². The minimum Gasteiger partial charge on any atom is 0 e. The third-order valence-corrected chi connectivity index (χ3v) is 15.3. The molecule has 7 heteroatoms.